The maximum atomic E-state index is 12.0. The van der Waals surface area contributed by atoms with Gasteiger partial charge in [-0.25, -0.2) is 4.98 Å². The molecule has 1 aliphatic heterocycles. The summed E-state index contributed by atoms with van der Waals surface area (Å²) in [5.74, 6) is 0.285. The van der Waals surface area contributed by atoms with Gasteiger partial charge in [-0.2, -0.15) is 0 Å². The van der Waals surface area contributed by atoms with E-state index in [0.29, 0.717) is 31.2 Å². The summed E-state index contributed by atoms with van der Waals surface area (Å²) in [5, 5.41) is 2.73. The van der Waals surface area contributed by atoms with E-state index >= 15 is 0 Å². The smallest absolute Gasteiger partial charge is 0.246 e. The number of aromatic nitrogens is 1. The molecule has 1 saturated heterocycles. The van der Waals surface area contributed by atoms with E-state index in [0.717, 1.165) is 0 Å². The molecule has 18 heavy (non-hydrogen) atoms. The largest absolute Gasteiger partial charge is 0.478 e. The number of nitrogens with zero attached hydrogens (tertiary/aromatic N) is 1. The highest BCUT2D eigenvalue weighted by Crippen LogP contribution is 2.19. The summed E-state index contributed by atoms with van der Waals surface area (Å²) in [5.41, 5.74) is 5.61. The van der Waals surface area contributed by atoms with Crippen molar-refractivity contribution in [1.82, 2.24) is 4.98 Å². The van der Waals surface area contributed by atoms with Gasteiger partial charge in [0, 0.05) is 12.7 Å². The molecule has 0 saturated carbocycles. The van der Waals surface area contributed by atoms with Crippen molar-refractivity contribution in [3.05, 3.63) is 18.3 Å². The molecule has 0 radical (unpaired) electrons. The van der Waals surface area contributed by atoms with Gasteiger partial charge in [-0.05, 0) is 19.4 Å². The number of pyridine rings is 1. The van der Waals surface area contributed by atoms with Crippen LogP contribution in [0.4, 0.5) is 5.69 Å². The van der Waals surface area contributed by atoms with Gasteiger partial charge >= 0.3 is 0 Å². The molecule has 1 unspecified atom stereocenters. The molecule has 1 aliphatic rings. The third kappa shape index (κ3) is 2.77. The standard InChI is InChI=1S/C12H17N3O3/c1-2-18-10-4-3-9(7-14-10)15-11(16)12(13)5-6-17-8-12/h3-4,7H,2,5-6,8,13H2,1H3,(H,15,16). The molecule has 6 nitrogen and oxygen atoms in total. The molecule has 1 aromatic heterocycles. The van der Waals surface area contributed by atoms with Crippen LogP contribution in [-0.4, -0.2) is 36.3 Å². The van der Waals surface area contributed by atoms with Crippen molar-refractivity contribution in [3.8, 4) is 5.88 Å². The van der Waals surface area contributed by atoms with E-state index in [1.807, 2.05) is 6.92 Å². The minimum atomic E-state index is -0.932. The first-order valence-electron chi connectivity index (χ1n) is 5.91. The summed E-state index contributed by atoms with van der Waals surface area (Å²) in [4.78, 5) is 16.0. The Hall–Kier alpha value is -1.66. The van der Waals surface area contributed by atoms with Crippen LogP contribution < -0.4 is 15.8 Å². The number of carbonyl (C=O) groups is 1. The van der Waals surface area contributed by atoms with Crippen molar-refractivity contribution in [1.29, 1.82) is 0 Å². The van der Waals surface area contributed by atoms with Crippen LogP contribution in [0.15, 0.2) is 18.3 Å². The van der Waals surface area contributed by atoms with Crippen LogP contribution >= 0.6 is 0 Å². The Balaban J connectivity index is 1.98. The molecule has 6 heteroatoms. The van der Waals surface area contributed by atoms with Gasteiger partial charge in [0.2, 0.25) is 11.8 Å². The van der Waals surface area contributed by atoms with Crippen molar-refractivity contribution >= 4 is 11.6 Å². The van der Waals surface area contributed by atoms with Crippen LogP contribution in [-0.2, 0) is 9.53 Å². The van der Waals surface area contributed by atoms with Gasteiger partial charge in [0.05, 0.1) is 25.1 Å². The number of rotatable bonds is 4. The molecule has 98 valence electrons. The molecule has 2 heterocycles. The molecule has 0 spiro atoms. The average Bonchev–Trinajstić information content (AvgIpc) is 2.80. The van der Waals surface area contributed by atoms with Gasteiger partial charge in [0.25, 0.3) is 0 Å². The van der Waals surface area contributed by atoms with E-state index < -0.39 is 5.54 Å². The van der Waals surface area contributed by atoms with E-state index in [2.05, 4.69) is 10.3 Å². The van der Waals surface area contributed by atoms with Gasteiger partial charge in [0.15, 0.2) is 0 Å². The van der Waals surface area contributed by atoms with Crippen LogP contribution in [0.3, 0.4) is 0 Å². The SMILES string of the molecule is CCOc1ccc(NC(=O)C2(N)CCOC2)cn1. The maximum Gasteiger partial charge on any atom is 0.246 e. The van der Waals surface area contributed by atoms with E-state index in [1.165, 1.54) is 0 Å². The lowest BCUT2D eigenvalue weighted by molar-refractivity contribution is -0.121. The topological polar surface area (TPSA) is 86.5 Å². The third-order valence-electron chi connectivity index (χ3n) is 2.79. The summed E-state index contributed by atoms with van der Waals surface area (Å²) in [6.45, 7) is 3.21. The van der Waals surface area contributed by atoms with Crippen LogP contribution in [0.1, 0.15) is 13.3 Å². The van der Waals surface area contributed by atoms with E-state index in [-0.39, 0.29) is 12.5 Å². The molecule has 1 aromatic rings. The van der Waals surface area contributed by atoms with E-state index in [4.69, 9.17) is 15.2 Å². The van der Waals surface area contributed by atoms with Gasteiger partial charge in [-0.3, -0.25) is 4.79 Å². The average molecular weight is 251 g/mol. The summed E-state index contributed by atoms with van der Waals surface area (Å²) >= 11 is 0. The van der Waals surface area contributed by atoms with Crippen LogP contribution in [0.5, 0.6) is 5.88 Å². The lowest BCUT2D eigenvalue weighted by Gasteiger charge is -2.20. The first-order valence-corrected chi connectivity index (χ1v) is 5.91. The van der Waals surface area contributed by atoms with Gasteiger partial charge in [-0.15, -0.1) is 0 Å². The Bertz CT molecular complexity index is 413. The van der Waals surface area contributed by atoms with E-state index in [1.54, 1.807) is 18.3 Å². The second kappa shape index (κ2) is 5.32. The molecule has 0 aromatic carbocycles. The Morgan fingerprint density at radius 1 is 1.67 bits per heavy atom. The molecular formula is C12H17N3O3. The highest BCUT2D eigenvalue weighted by Gasteiger charge is 2.38. The number of amides is 1. The fourth-order valence-electron chi connectivity index (χ4n) is 1.70. The minimum Gasteiger partial charge on any atom is -0.478 e. The van der Waals surface area contributed by atoms with Gasteiger partial charge in [-0.1, -0.05) is 0 Å². The van der Waals surface area contributed by atoms with Crippen molar-refractivity contribution in [2.75, 3.05) is 25.1 Å². The molecule has 1 fully saturated rings. The number of hydrogen-bond donors (Lipinski definition) is 2. The Morgan fingerprint density at radius 2 is 2.50 bits per heavy atom. The van der Waals surface area contributed by atoms with Crippen molar-refractivity contribution in [3.63, 3.8) is 0 Å². The zero-order valence-electron chi connectivity index (χ0n) is 10.3. The number of nitrogens with one attached hydrogen (secondary N) is 1. The van der Waals surface area contributed by atoms with Crippen molar-refractivity contribution < 1.29 is 14.3 Å². The third-order valence-corrected chi connectivity index (χ3v) is 2.79. The number of hydrogen-bond acceptors (Lipinski definition) is 5. The molecule has 3 N–H and O–H groups in total. The molecular weight excluding hydrogens is 234 g/mol. The maximum absolute atomic E-state index is 12.0. The quantitative estimate of drug-likeness (QED) is 0.815. The number of ether oxygens (including phenoxy) is 2. The second-order valence-corrected chi connectivity index (χ2v) is 4.23. The Labute approximate surface area is 105 Å². The second-order valence-electron chi connectivity index (χ2n) is 4.23. The number of anilines is 1. The fourth-order valence-corrected chi connectivity index (χ4v) is 1.70. The Morgan fingerprint density at radius 3 is 3.06 bits per heavy atom. The lowest BCUT2D eigenvalue weighted by atomic mass is 9.99. The predicted octanol–water partition coefficient (Wildman–Crippen LogP) is 0.537. The molecule has 1 amide bonds. The highest BCUT2D eigenvalue weighted by molar-refractivity contribution is 5.98. The molecule has 2 rings (SSSR count). The zero-order valence-corrected chi connectivity index (χ0v) is 10.3. The summed E-state index contributed by atoms with van der Waals surface area (Å²) in [6.07, 6.45) is 2.07. The highest BCUT2D eigenvalue weighted by atomic mass is 16.5. The van der Waals surface area contributed by atoms with Crippen LogP contribution in [0, 0.1) is 0 Å². The van der Waals surface area contributed by atoms with Gasteiger partial charge in [0.1, 0.15) is 5.54 Å². The predicted molar refractivity (Wildman–Crippen MR) is 66.4 cm³/mol. The van der Waals surface area contributed by atoms with Crippen LogP contribution in [0.25, 0.3) is 0 Å². The zero-order chi connectivity index (χ0) is 13.0. The summed E-state index contributed by atoms with van der Waals surface area (Å²) in [6, 6.07) is 3.43. The van der Waals surface area contributed by atoms with Crippen molar-refractivity contribution in [2.45, 2.75) is 18.9 Å². The Kier molecular flexibility index (Phi) is 3.78. The number of nitrogens with two attached hydrogens (primary N) is 1. The fraction of sp³-hybridized carbons (Fsp3) is 0.500. The first-order chi connectivity index (χ1) is 8.64. The minimum absolute atomic E-state index is 0.244. The van der Waals surface area contributed by atoms with Crippen LogP contribution in [0.2, 0.25) is 0 Å². The molecule has 0 bridgehead atoms. The van der Waals surface area contributed by atoms with Gasteiger partial charge < -0.3 is 20.5 Å². The summed E-state index contributed by atoms with van der Waals surface area (Å²) < 4.78 is 10.4. The number of carbonyl (C=O) groups excluding carboxylic acids is 1. The van der Waals surface area contributed by atoms with E-state index in [9.17, 15) is 4.79 Å². The molecule has 1 atom stereocenters. The first kappa shape index (κ1) is 12.8. The monoisotopic (exact) mass is 251 g/mol. The summed E-state index contributed by atoms with van der Waals surface area (Å²) in [7, 11) is 0. The van der Waals surface area contributed by atoms with Crippen molar-refractivity contribution in [2.24, 2.45) is 5.73 Å². The molecule has 0 aliphatic carbocycles. The normalized spacial score (nSPS) is 22.8. The lowest BCUT2D eigenvalue weighted by Crippen LogP contribution is -2.51.